The number of halogens is 2. The Hall–Kier alpha value is -0.640. The van der Waals surface area contributed by atoms with E-state index in [4.69, 9.17) is 17.3 Å². The maximum absolute atomic E-state index is 13.1. The van der Waals surface area contributed by atoms with E-state index >= 15 is 0 Å². The summed E-state index contributed by atoms with van der Waals surface area (Å²) in [5.41, 5.74) is 7.40. The van der Waals surface area contributed by atoms with Gasteiger partial charge in [-0.25, -0.2) is 4.39 Å². The molecule has 0 spiro atoms. The number of likely N-dealkylation sites (tertiary alicyclic amines) is 1. The fraction of sp³-hybridized carbons (Fsp3) is 0.625. The van der Waals surface area contributed by atoms with Crippen LogP contribution < -0.4 is 5.73 Å². The van der Waals surface area contributed by atoms with Crippen LogP contribution in [-0.4, -0.2) is 29.6 Å². The minimum atomic E-state index is -0.301. The highest BCUT2D eigenvalue weighted by atomic mass is 35.5. The van der Waals surface area contributed by atoms with Crippen LogP contribution in [0, 0.1) is 5.82 Å². The molecule has 4 heteroatoms. The lowest BCUT2D eigenvalue weighted by Gasteiger charge is -2.43. The largest absolute Gasteiger partial charge is 0.326 e. The summed E-state index contributed by atoms with van der Waals surface area (Å²) in [6.45, 7) is 6.66. The predicted molar refractivity (Wildman–Crippen MR) is 82.6 cm³/mol. The Morgan fingerprint density at radius 3 is 2.60 bits per heavy atom. The molecule has 2 N–H and O–H groups in total. The van der Waals surface area contributed by atoms with E-state index in [1.807, 2.05) is 0 Å². The lowest BCUT2D eigenvalue weighted by Crippen LogP contribution is -2.57. The first-order chi connectivity index (χ1) is 9.47. The minimum Gasteiger partial charge on any atom is -0.326 e. The molecule has 0 amide bonds. The summed E-state index contributed by atoms with van der Waals surface area (Å²) in [4.78, 5) is 2.50. The van der Waals surface area contributed by atoms with Crippen LogP contribution in [-0.2, 0) is 6.42 Å². The van der Waals surface area contributed by atoms with Crippen LogP contribution in [0.4, 0.5) is 4.39 Å². The fourth-order valence-electron chi connectivity index (χ4n) is 3.09. The van der Waals surface area contributed by atoms with Crippen LogP contribution in [0.5, 0.6) is 0 Å². The zero-order chi connectivity index (χ0) is 14.8. The summed E-state index contributed by atoms with van der Waals surface area (Å²) in [6, 6.07) is 4.56. The van der Waals surface area contributed by atoms with Gasteiger partial charge in [0, 0.05) is 16.6 Å². The van der Waals surface area contributed by atoms with E-state index < -0.39 is 0 Å². The van der Waals surface area contributed by atoms with E-state index in [-0.39, 0.29) is 17.4 Å². The average molecular weight is 299 g/mol. The molecule has 0 bridgehead atoms. The number of nitrogens with zero attached hydrogens (tertiary/aromatic N) is 1. The summed E-state index contributed by atoms with van der Waals surface area (Å²) in [6.07, 6.45) is 4.19. The molecule has 0 radical (unpaired) electrons. The van der Waals surface area contributed by atoms with Gasteiger partial charge in [0.25, 0.3) is 0 Å². The maximum atomic E-state index is 13.1. The van der Waals surface area contributed by atoms with Crippen molar-refractivity contribution in [2.45, 2.75) is 51.1 Å². The second-order valence-corrected chi connectivity index (χ2v) is 6.36. The number of benzene rings is 1. The second-order valence-electron chi connectivity index (χ2n) is 5.95. The Morgan fingerprint density at radius 2 is 2.05 bits per heavy atom. The summed E-state index contributed by atoms with van der Waals surface area (Å²) in [5, 5.41) is 0.473. The molecule has 2 atom stereocenters. The minimum absolute atomic E-state index is 0.00596. The third kappa shape index (κ3) is 3.16. The Bertz CT molecular complexity index is 460. The first-order valence-electron chi connectivity index (χ1n) is 7.42. The molecule has 0 aliphatic carbocycles. The van der Waals surface area contributed by atoms with Crippen molar-refractivity contribution in [1.29, 1.82) is 0 Å². The Labute approximate surface area is 126 Å². The molecule has 1 aliphatic rings. The van der Waals surface area contributed by atoms with Gasteiger partial charge in [0.15, 0.2) is 0 Å². The van der Waals surface area contributed by atoms with Crippen molar-refractivity contribution >= 4 is 11.6 Å². The summed E-state index contributed by atoms with van der Waals surface area (Å²) in [7, 11) is 0. The smallest absolute Gasteiger partial charge is 0.124 e. The summed E-state index contributed by atoms with van der Waals surface area (Å²) in [5.74, 6) is -0.301. The van der Waals surface area contributed by atoms with Crippen molar-refractivity contribution < 1.29 is 4.39 Å². The van der Waals surface area contributed by atoms with Gasteiger partial charge in [0.05, 0.1) is 0 Å². The van der Waals surface area contributed by atoms with Gasteiger partial charge in [-0.1, -0.05) is 24.6 Å². The number of rotatable bonds is 5. The van der Waals surface area contributed by atoms with Gasteiger partial charge in [-0.15, -0.1) is 0 Å². The molecule has 2 nitrogen and oxygen atoms in total. The van der Waals surface area contributed by atoms with Crippen LogP contribution >= 0.6 is 11.6 Å². The van der Waals surface area contributed by atoms with E-state index in [0.29, 0.717) is 11.4 Å². The van der Waals surface area contributed by atoms with Crippen molar-refractivity contribution in [2.75, 3.05) is 13.1 Å². The summed E-state index contributed by atoms with van der Waals surface area (Å²) < 4.78 is 13.1. The van der Waals surface area contributed by atoms with Crippen LogP contribution in [0.1, 0.15) is 38.7 Å². The van der Waals surface area contributed by atoms with E-state index in [0.717, 1.165) is 25.1 Å². The molecule has 1 aromatic carbocycles. The number of hydrogen-bond donors (Lipinski definition) is 1. The van der Waals surface area contributed by atoms with Gasteiger partial charge in [0.1, 0.15) is 5.82 Å². The van der Waals surface area contributed by atoms with E-state index in [1.54, 1.807) is 6.07 Å². The highest BCUT2D eigenvalue weighted by Gasteiger charge is 2.37. The van der Waals surface area contributed by atoms with Crippen molar-refractivity contribution in [3.63, 3.8) is 0 Å². The number of hydrogen-bond acceptors (Lipinski definition) is 2. The molecule has 2 rings (SSSR count). The van der Waals surface area contributed by atoms with Crippen LogP contribution in [0.2, 0.25) is 5.02 Å². The topological polar surface area (TPSA) is 29.3 Å². The molecule has 0 saturated carbocycles. The van der Waals surface area contributed by atoms with Gasteiger partial charge >= 0.3 is 0 Å². The van der Waals surface area contributed by atoms with Crippen LogP contribution in [0.15, 0.2) is 18.2 Å². The summed E-state index contributed by atoms with van der Waals surface area (Å²) >= 11 is 6.12. The SMILES string of the molecule is CCC(C)(C(N)Cc1ccc(F)cc1Cl)N1CCCC1. The Kier molecular flexibility index (Phi) is 5.05. The lowest BCUT2D eigenvalue weighted by molar-refractivity contribution is 0.0999. The second kappa shape index (κ2) is 6.42. The molecule has 0 aromatic heterocycles. The van der Waals surface area contributed by atoms with Gasteiger partial charge in [-0.05, 0) is 63.4 Å². The van der Waals surface area contributed by atoms with Crippen LogP contribution in [0.3, 0.4) is 0 Å². The molecule has 1 fully saturated rings. The molecule has 1 aliphatic heterocycles. The van der Waals surface area contributed by atoms with Crippen molar-refractivity contribution in [1.82, 2.24) is 4.90 Å². The highest BCUT2D eigenvalue weighted by Crippen LogP contribution is 2.30. The molecule has 1 aromatic rings. The fourth-order valence-corrected chi connectivity index (χ4v) is 3.34. The normalized spacial score (nSPS) is 20.9. The maximum Gasteiger partial charge on any atom is 0.124 e. The zero-order valence-electron chi connectivity index (χ0n) is 12.3. The van der Waals surface area contributed by atoms with Crippen molar-refractivity contribution in [2.24, 2.45) is 5.73 Å². The molecular formula is C16H24ClFN2. The highest BCUT2D eigenvalue weighted by molar-refractivity contribution is 6.31. The Balaban J connectivity index is 2.14. The first kappa shape index (κ1) is 15.7. The molecule has 2 unspecified atom stereocenters. The van der Waals surface area contributed by atoms with Gasteiger partial charge in [0.2, 0.25) is 0 Å². The molecule has 112 valence electrons. The predicted octanol–water partition coefficient (Wildman–Crippen LogP) is 3.61. The number of nitrogens with two attached hydrogens (primary N) is 1. The van der Waals surface area contributed by atoms with Gasteiger partial charge in [-0.2, -0.15) is 0 Å². The van der Waals surface area contributed by atoms with E-state index in [9.17, 15) is 4.39 Å². The Morgan fingerprint density at radius 1 is 1.40 bits per heavy atom. The molecule has 20 heavy (non-hydrogen) atoms. The standard InChI is InChI=1S/C16H24ClFN2/c1-3-16(2,20-8-4-5-9-20)15(19)10-12-6-7-13(18)11-14(12)17/h6-7,11,15H,3-5,8-10,19H2,1-2H3. The third-order valence-electron chi connectivity index (χ3n) is 4.80. The molecular weight excluding hydrogens is 275 g/mol. The molecule has 1 saturated heterocycles. The zero-order valence-corrected chi connectivity index (χ0v) is 13.1. The quantitative estimate of drug-likeness (QED) is 0.900. The third-order valence-corrected chi connectivity index (χ3v) is 5.15. The van der Waals surface area contributed by atoms with Crippen molar-refractivity contribution in [3.8, 4) is 0 Å². The van der Waals surface area contributed by atoms with Crippen molar-refractivity contribution in [3.05, 3.63) is 34.6 Å². The first-order valence-corrected chi connectivity index (χ1v) is 7.79. The van der Waals surface area contributed by atoms with E-state index in [1.165, 1.54) is 25.0 Å². The van der Waals surface area contributed by atoms with Crippen LogP contribution in [0.25, 0.3) is 0 Å². The van der Waals surface area contributed by atoms with E-state index in [2.05, 4.69) is 18.7 Å². The average Bonchev–Trinajstić information content (AvgIpc) is 2.95. The van der Waals surface area contributed by atoms with Gasteiger partial charge in [-0.3, -0.25) is 4.90 Å². The monoisotopic (exact) mass is 298 g/mol. The molecule has 1 heterocycles. The lowest BCUT2D eigenvalue weighted by atomic mass is 9.84. The van der Waals surface area contributed by atoms with Gasteiger partial charge < -0.3 is 5.73 Å².